The molecule has 0 aliphatic carbocycles. The molecule has 0 spiro atoms. The van der Waals surface area contributed by atoms with Gasteiger partial charge in [0, 0.05) is 11.6 Å². The first-order valence-corrected chi connectivity index (χ1v) is 3.83. The molecule has 0 aromatic heterocycles. The van der Waals surface area contributed by atoms with Crippen molar-refractivity contribution in [1.29, 1.82) is 0 Å². The second-order valence-electron chi connectivity index (χ2n) is 2.77. The number of hydrogen-bond acceptors (Lipinski definition) is 0. The molecule has 0 saturated heterocycles. The average Bonchev–Trinajstić information content (AvgIpc) is 2.07. The molecule has 0 atom stereocenters. The molecule has 16 heavy (non-hydrogen) atoms. The summed E-state index contributed by atoms with van der Waals surface area (Å²) >= 11 is 0. The number of halogens is 6. The first-order chi connectivity index (χ1) is 6.79. The third-order valence-corrected chi connectivity index (χ3v) is 1.53. The summed E-state index contributed by atoms with van der Waals surface area (Å²) in [6, 6.07) is 0.557. The zero-order chi connectivity index (χ0) is 11.6. The molecule has 1 rings (SSSR count). The van der Waals surface area contributed by atoms with Crippen molar-refractivity contribution in [3.63, 3.8) is 0 Å². The maximum Gasteiger partial charge on any atom is 1.00 e. The van der Waals surface area contributed by atoms with E-state index in [9.17, 15) is 26.1 Å². The molecule has 0 aliphatic rings. The van der Waals surface area contributed by atoms with Gasteiger partial charge in [-0.1, -0.05) is 6.08 Å². The van der Waals surface area contributed by atoms with Gasteiger partial charge in [0.25, 0.3) is 0 Å². The maximum atomic E-state index is 12.8. The van der Waals surface area contributed by atoms with Crippen LogP contribution in [0.5, 0.6) is 0 Å². The van der Waals surface area contributed by atoms with Crippen LogP contribution in [-0.4, -0.2) is 6.98 Å². The van der Waals surface area contributed by atoms with Crippen LogP contribution in [0.25, 0.3) is 6.08 Å². The standard InChI is InChI=1S/C8H4BF6.K/c10-6-4-8(12)7(11)3-5(6)1-2-9(13,14)15;/h1-4H;/q-1;+1/b2-1+;. The largest absolute Gasteiger partial charge is 1.00 e. The van der Waals surface area contributed by atoms with Gasteiger partial charge in [-0.2, -0.15) is 0 Å². The Labute approximate surface area is 130 Å². The predicted molar refractivity (Wildman–Crippen MR) is 44.4 cm³/mol. The maximum absolute atomic E-state index is 12.8. The van der Waals surface area contributed by atoms with E-state index in [-0.39, 0.29) is 63.4 Å². The Morgan fingerprint density at radius 1 is 0.875 bits per heavy atom. The molecular formula is C8H4BF6K. The van der Waals surface area contributed by atoms with E-state index in [0.29, 0.717) is 12.1 Å². The second kappa shape index (κ2) is 6.25. The molecule has 0 heterocycles. The van der Waals surface area contributed by atoms with E-state index in [1.165, 1.54) is 0 Å². The fraction of sp³-hybridized carbons (Fsp3) is 0. The van der Waals surface area contributed by atoms with Crippen molar-refractivity contribution in [2.75, 3.05) is 0 Å². The van der Waals surface area contributed by atoms with E-state index in [1.807, 2.05) is 0 Å². The summed E-state index contributed by atoms with van der Waals surface area (Å²) in [5.41, 5.74) is -0.645. The van der Waals surface area contributed by atoms with Crippen LogP contribution < -0.4 is 51.4 Å². The smallest absolute Gasteiger partial charge is 0.445 e. The first kappa shape index (κ1) is 16.2. The Morgan fingerprint density at radius 2 is 1.38 bits per heavy atom. The van der Waals surface area contributed by atoms with Crippen molar-refractivity contribution in [2.24, 2.45) is 0 Å². The fourth-order valence-corrected chi connectivity index (χ4v) is 0.878. The summed E-state index contributed by atoms with van der Waals surface area (Å²) < 4.78 is 72.9. The van der Waals surface area contributed by atoms with Crippen LogP contribution in [0.15, 0.2) is 18.1 Å². The van der Waals surface area contributed by atoms with Crippen molar-refractivity contribution in [1.82, 2.24) is 0 Å². The molecule has 0 N–H and O–H groups in total. The van der Waals surface area contributed by atoms with Crippen LogP contribution in [0.2, 0.25) is 0 Å². The van der Waals surface area contributed by atoms with E-state index in [1.54, 1.807) is 0 Å². The van der Waals surface area contributed by atoms with Crippen LogP contribution in [0.1, 0.15) is 5.56 Å². The van der Waals surface area contributed by atoms with Gasteiger partial charge in [0.15, 0.2) is 11.6 Å². The molecule has 82 valence electrons. The van der Waals surface area contributed by atoms with E-state index >= 15 is 0 Å². The molecule has 0 nitrogen and oxygen atoms in total. The second-order valence-corrected chi connectivity index (χ2v) is 2.77. The van der Waals surface area contributed by atoms with Gasteiger partial charge in [-0.05, 0) is 6.07 Å². The molecule has 0 fully saturated rings. The molecule has 8 heteroatoms. The Balaban J connectivity index is 0.00000225. The molecule has 0 bridgehead atoms. The van der Waals surface area contributed by atoms with Gasteiger partial charge < -0.3 is 12.9 Å². The molecule has 1 aromatic carbocycles. The van der Waals surface area contributed by atoms with Gasteiger partial charge in [0.05, 0.1) is 0 Å². The van der Waals surface area contributed by atoms with Gasteiger partial charge >= 0.3 is 58.4 Å². The molecule has 1 aromatic rings. The van der Waals surface area contributed by atoms with Gasteiger partial charge in [-0.15, -0.1) is 5.98 Å². The normalized spacial score (nSPS) is 11.6. The first-order valence-electron chi connectivity index (χ1n) is 3.83. The third kappa shape index (κ3) is 5.05. The van der Waals surface area contributed by atoms with Crippen LogP contribution in [0.3, 0.4) is 0 Å². The van der Waals surface area contributed by atoms with Crippen LogP contribution in [0, 0.1) is 17.5 Å². The van der Waals surface area contributed by atoms with E-state index in [0.717, 1.165) is 0 Å². The van der Waals surface area contributed by atoms with Crippen molar-refractivity contribution in [3.05, 3.63) is 41.1 Å². The Kier molecular flexibility index (Phi) is 6.34. The van der Waals surface area contributed by atoms with Crippen molar-refractivity contribution in [2.45, 2.75) is 0 Å². The van der Waals surface area contributed by atoms with Crippen LogP contribution in [-0.2, 0) is 0 Å². The van der Waals surface area contributed by atoms with E-state index in [2.05, 4.69) is 0 Å². The summed E-state index contributed by atoms with van der Waals surface area (Å²) in [5.74, 6) is -4.28. The minimum absolute atomic E-state index is 0. The van der Waals surface area contributed by atoms with Gasteiger partial charge in [0.1, 0.15) is 5.82 Å². The SMILES string of the molecule is Fc1cc(F)c(/C=C/[B-](F)(F)F)cc1F.[K+]. The Morgan fingerprint density at radius 3 is 1.88 bits per heavy atom. The average molecular weight is 264 g/mol. The zero-order valence-electron chi connectivity index (χ0n) is 8.15. The Bertz CT molecular complexity index is 400. The van der Waals surface area contributed by atoms with E-state index < -0.39 is 30.0 Å². The van der Waals surface area contributed by atoms with E-state index in [4.69, 9.17) is 0 Å². The van der Waals surface area contributed by atoms with Crippen LogP contribution >= 0.6 is 0 Å². The topological polar surface area (TPSA) is 0 Å². The summed E-state index contributed by atoms with van der Waals surface area (Å²) in [4.78, 5) is 0. The molecule has 0 saturated carbocycles. The Hall–Kier alpha value is 0.241. The minimum Gasteiger partial charge on any atom is -0.445 e. The summed E-state index contributed by atoms with van der Waals surface area (Å²) in [5, 5.41) is 0. The fourth-order valence-electron chi connectivity index (χ4n) is 0.878. The summed E-state index contributed by atoms with van der Waals surface area (Å²) in [6.45, 7) is -5.23. The minimum atomic E-state index is -5.23. The molecule has 0 aliphatic heterocycles. The van der Waals surface area contributed by atoms with Crippen molar-refractivity contribution < 1.29 is 77.5 Å². The van der Waals surface area contributed by atoms with Crippen molar-refractivity contribution in [3.8, 4) is 0 Å². The summed E-state index contributed by atoms with van der Waals surface area (Å²) in [6.07, 6.45) is 0.359. The molecule has 0 unspecified atom stereocenters. The third-order valence-electron chi connectivity index (χ3n) is 1.53. The monoisotopic (exact) mass is 264 g/mol. The molecule has 0 radical (unpaired) electrons. The van der Waals surface area contributed by atoms with Gasteiger partial charge in [-0.3, -0.25) is 0 Å². The quantitative estimate of drug-likeness (QED) is 0.415. The van der Waals surface area contributed by atoms with Crippen molar-refractivity contribution >= 4 is 13.1 Å². The number of rotatable bonds is 2. The summed E-state index contributed by atoms with van der Waals surface area (Å²) in [7, 11) is 0. The van der Waals surface area contributed by atoms with Crippen LogP contribution in [0.4, 0.5) is 26.1 Å². The number of hydrogen-bond donors (Lipinski definition) is 0. The van der Waals surface area contributed by atoms with Gasteiger partial charge in [-0.25, -0.2) is 13.2 Å². The zero-order valence-corrected chi connectivity index (χ0v) is 11.3. The molecule has 0 amide bonds. The predicted octanol–water partition coefficient (Wildman–Crippen LogP) is 0.508. The number of benzene rings is 1. The van der Waals surface area contributed by atoms with Gasteiger partial charge in [0.2, 0.25) is 0 Å². The molecular weight excluding hydrogens is 260 g/mol.